The van der Waals surface area contributed by atoms with Crippen LogP contribution in [0.25, 0.3) is 0 Å². The van der Waals surface area contributed by atoms with Crippen LogP contribution in [-0.2, 0) is 16.1 Å². The SMILES string of the molecule is CC(C)(C#CCC1CCCO1)OCc1ccccc1. The zero-order chi connectivity index (χ0) is 13.6. The van der Waals surface area contributed by atoms with Crippen LogP contribution in [0.1, 0.15) is 38.7 Å². The van der Waals surface area contributed by atoms with Gasteiger partial charge in [-0.1, -0.05) is 42.2 Å². The fourth-order valence-corrected chi connectivity index (χ4v) is 2.06. The topological polar surface area (TPSA) is 18.5 Å². The maximum atomic E-state index is 5.87. The molecule has 1 heterocycles. The average molecular weight is 258 g/mol. The largest absolute Gasteiger partial charge is 0.377 e. The van der Waals surface area contributed by atoms with Gasteiger partial charge in [-0.3, -0.25) is 0 Å². The summed E-state index contributed by atoms with van der Waals surface area (Å²) in [6.45, 7) is 5.51. The fourth-order valence-electron chi connectivity index (χ4n) is 2.06. The Kier molecular flexibility index (Phi) is 5.01. The molecule has 0 aliphatic carbocycles. The summed E-state index contributed by atoms with van der Waals surface area (Å²) >= 11 is 0. The summed E-state index contributed by atoms with van der Waals surface area (Å²) in [4.78, 5) is 0. The molecule has 2 nitrogen and oxygen atoms in total. The summed E-state index contributed by atoms with van der Waals surface area (Å²) in [6.07, 6.45) is 3.45. The zero-order valence-electron chi connectivity index (χ0n) is 11.8. The molecule has 19 heavy (non-hydrogen) atoms. The van der Waals surface area contributed by atoms with E-state index in [0.29, 0.717) is 12.7 Å². The quantitative estimate of drug-likeness (QED) is 0.769. The molecular weight excluding hydrogens is 236 g/mol. The second kappa shape index (κ2) is 6.75. The molecule has 1 fully saturated rings. The average Bonchev–Trinajstić information content (AvgIpc) is 2.91. The number of hydrogen-bond donors (Lipinski definition) is 0. The predicted molar refractivity (Wildman–Crippen MR) is 76.7 cm³/mol. The van der Waals surface area contributed by atoms with Crippen molar-refractivity contribution in [2.24, 2.45) is 0 Å². The van der Waals surface area contributed by atoms with Gasteiger partial charge >= 0.3 is 0 Å². The highest BCUT2D eigenvalue weighted by Gasteiger charge is 2.16. The molecule has 0 N–H and O–H groups in total. The fraction of sp³-hybridized carbons (Fsp3) is 0.529. The summed E-state index contributed by atoms with van der Waals surface area (Å²) < 4.78 is 11.4. The van der Waals surface area contributed by atoms with E-state index in [1.54, 1.807) is 0 Å². The first-order valence-corrected chi connectivity index (χ1v) is 6.95. The highest BCUT2D eigenvalue weighted by atomic mass is 16.5. The third kappa shape index (κ3) is 5.06. The highest BCUT2D eigenvalue weighted by molar-refractivity contribution is 5.15. The van der Waals surface area contributed by atoms with Crippen molar-refractivity contribution in [3.8, 4) is 11.8 Å². The number of rotatable bonds is 4. The molecule has 1 aromatic carbocycles. The molecule has 102 valence electrons. The molecule has 1 aliphatic rings. The Bertz CT molecular complexity index is 433. The van der Waals surface area contributed by atoms with Crippen molar-refractivity contribution in [2.45, 2.75) is 51.4 Å². The minimum Gasteiger partial charge on any atom is -0.377 e. The molecule has 0 saturated carbocycles. The molecule has 0 spiro atoms. The standard InChI is InChI=1S/C17H22O2/c1-17(2,12-6-10-16-11-7-13-18-16)19-14-15-8-4-3-5-9-15/h3-5,8-9,16H,7,10-11,13-14H2,1-2H3. The lowest BCUT2D eigenvalue weighted by Gasteiger charge is -2.19. The first-order valence-electron chi connectivity index (χ1n) is 6.95. The van der Waals surface area contributed by atoms with Crippen molar-refractivity contribution >= 4 is 0 Å². The molecular formula is C17H22O2. The third-order valence-corrected chi connectivity index (χ3v) is 3.19. The van der Waals surface area contributed by atoms with Gasteiger partial charge in [0.15, 0.2) is 0 Å². The number of ether oxygens (including phenoxy) is 2. The van der Waals surface area contributed by atoms with E-state index >= 15 is 0 Å². The molecule has 1 saturated heterocycles. The van der Waals surface area contributed by atoms with Gasteiger partial charge in [-0.2, -0.15) is 0 Å². The Morgan fingerprint density at radius 3 is 2.79 bits per heavy atom. The van der Waals surface area contributed by atoms with E-state index in [-0.39, 0.29) is 0 Å². The van der Waals surface area contributed by atoms with Crippen LogP contribution >= 0.6 is 0 Å². The van der Waals surface area contributed by atoms with E-state index in [9.17, 15) is 0 Å². The van der Waals surface area contributed by atoms with Gasteiger partial charge in [0.05, 0.1) is 12.7 Å². The van der Waals surface area contributed by atoms with Crippen LogP contribution in [0.2, 0.25) is 0 Å². The maximum Gasteiger partial charge on any atom is 0.123 e. The highest BCUT2D eigenvalue weighted by Crippen LogP contribution is 2.16. The van der Waals surface area contributed by atoms with Crippen molar-refractivity contribution in [2.75, 3.05) is 6.61 Å². The lowest BCUT2D eigenvalue weighted by Crippen LogP contribution is -2.21. The Morgan fingerprint density at radius 1 is 1.32 bits per heavy atom. The first-order chi connectivity index (χ1) is 9.16. The normalized spacial score (nSPS) is 18.9. The van der Waals surface area contributed by atoms with Crippen molar-refractivity contribution in [1.82, 2.24) is 0 Å². The van der Waals surface area contributed by atoms with Gasteiger partial charge in [-0.05, 0) is 32.3 Å². The Hall–Kier alpha value is -1.30. The van der Waals surface area contributed by atoms with Gasteiger partial charge in [-0.25, -0.2) is 0 Å². The Balaban J connectivity index is 1.79. The van der Waals surface area contributed by atoms with E-state index in [1.807, 2.05) is 32.0 Å². The second-order valence-electron chi connectivity index (χ2n) is 5.43. The van der Waals surface area contributed by atoms with Gasteiger partial charge in [-0.15, -0.1) is 0 Å². The van der Waals surface area contributed by atoms with E-state index in [2.05, 4.69) is 24.0 Å². The lowest BCUT2D eigenvalue weighted by atomic mass is 10.1. The van der Waals surface area contributed by atoms with Gasteiger partial charge in [0.1, 0.15) is 5.60 Å². The zero-order valence-corrected chi connectivity index (χ0v) is 11.8. The summed E-state index contributed by atoms with van der Waals surface area (Å²) in [5, 5.41) is 0. The Labute approximate surface area is 116 Å². The van der Waals surface area contributed by atoms with E-state index in [4.69, 9.17) is 9.47 Å². The second-order valence-corrected chi connectivity index (χ2v) is 5.43. The molecule has 2 heteroatoms. The molecule has 2 rings (SSSR count). The minimum absolute atomic E-state index is 0.331. The molecule has 1 aliphatic heterocycles. The van der Waals surface area contributed by atoms with Crippen LogP contribution in [-0.4, -0.2) is 18.3 Å². The van der Waals surface area contributed by atoms with Crippen LogP contribution in [0.3, 0.4) is 0 Å². The van der Waals surface area contributed by atoms with Crippen LogP contribution in [0.5, 0.6) is 0 Å². The molecule has 0 aromatic heterocycles. The van der Waals surface area contributed by atoms with E-state index in [0.717, 1.165) is 19.4 Å². The summed E-state index contributed by atoms with van der Waals surface area (Å²) in [7, 11) is 0. The smallest absolute Gasteiger partial charge is 0.123 e. The molecule has 1 atom stereocenters. The van der Waals surface area contributed by atoms with Crippen LogP contribution in [0.4, 0.5) is 0 Å². The van der Waals surface area contributed by atoms with Gasteiger partial charge in [0, 0.05) is 13.0 Å². The summed E-state index contributed by atoms with van der Waals surface area (Å²) in [5.74, 6) is 6.41. The van der Waals surface area contributed by atoms with Crippen LogP contribution < -0.4 is 0 Å². The van der Waals surface area contributed by atoms with Crippen molar-refractivity contribution in [1.29, 1.82) is 0 Å². The van der Waals surface area contributed by atoms with E-state index < -0.39 is 5.60 Å². The Morgan fingerprint density at radius 2 is 2.11 bits per heavy atom. The third-order valence-electron chi connectivity index (χ3n) is 3.19. The lowest BCUT2D eigenvalue weighted by molar-refractivity contribution is 0.0143. The molecule has 0 radical (unpaired) electrons. The van der Waals surface area contributed by atoms with Crippen LogP contribution in [0.15, 0.2) is 30.3 Å². The molecule has 1 aromatic rings. The molecule has 0 amide bonds. The number of hydrogen-bond acceptors (Lipinski definition) is 2. The van der Waals surface area contributed by atoms with Crippen molar-refractivity contribution in [3.63, 3.8) is 0 Å². The predicted octanol–water partition coefficient (Wildman–Crippen LogP) is 3.55. The monoisotopic (exact) mass is 258 g/mol. The minimum atomic E-state index is -0.408. The summed E-state index contributed by atoms with van der Waals surface area (Å²) in [6, 6.07) is 10.2. The van der Waals surface area contributed by atoms with Gasteiger partial charge < -0.3 is 9.47 Å². The van der Waals surface area contributed by atoms with Crippen LogP contribution in [0, 0.1) is 11.8 Å². The van der Waals surface area contributed by atoms with Crippen molar-refractivity contribution < 1.29 is 9.47 Å². The number of benzene rings is 1. The van der Waals surface area contributed by atoms with Crippen molar-refractivity contribution in [3.05, 3.63) is 35.9 Å². The molecule has 0 bridgehead atoms. The van der Waals surface area contributed by atoms with Gasteiger partial charge in [0.25, 0.3) is 0 Å². The van der Waals surface area contributed by atoms with Gasteiger partial charge in [0.2, 0.25) is 0 Å². The molecule has 1 unspecified atom stereocenters. The maximum absolute atomic E-state index is 5.87. The summed E-state index contributed by atoms with van der Waals surface area (Å²) in [5.41, 5.74) is 0.769. The van der Waals surface area contributed by atoms with E-state index in [1.165, 1.54) is 12.0 Å². The first kappa shape index (κ1) is 14.1.